The van der Waals surface area contributed by atoms with Crippen LogP contribution in [0.2, 0.25) is 0 Å². The molecular formula is C22H23NO5. The number of benzene rings is 2. The Morgan fingerprint density at radius 2 is 1.75 bits per heavy atom. The Labute approximate surface area is 164 Å². The monoisotopic (exact) mass is 381 g/mol. The SMILES string of the molecule is Cc1ccc(C(=O)c2ccccc2C(=O)OCC(=O)N2CCOC(C)C2)cc1. The minimum absolute atomic E-state index is 0.0405. The zero-order valence-electron chi connectivity index (χ0n) is 16.0. The first-order valence-corrected chi connectivity index (χ1v) is 9.22. The van der Waals surface area contributed by atoms with Crippen LogP contribution in [0, 0.1) is 6.92 Å². The van der Waals surface area contributed by atoms with Gasteiger partial charge in [-0.25, -0.2) is 4.79 Å². The van der Waals surface area contributed by atoms with Gasteiger partial charge in [0.2, 0.25) is 0 Å². The van der Waals surface area contributed by atoms with Gasteiger partial charge in [0.1, 0.15) is 0 Å². The summed E-state index contributed by atoms with van der Waals surface area (Å²) in [5.41, 5.74) is 1.93. The molecule has 6 nitrogen and oxygen atoms in total. The van der Waals surface area contributed by atoms with Crippen LogP contribution in [0.25, 0.3) is 0 Å². The number of carbonyl (C=O) groups excluding carboxylic acids is 3. The highest BCUT2D eigenvalue weighted by atomic mass is 16.5. The number of aryl methyl sites for hydroxylation is 1. The lowest BCUT2D eigenvalue weighted by molar-refractivity contribution is -0.141. The highest BCUT2D eigenvalue weighted by molar-refractivity contribution is 6.14. The number of ether oxygens (including phenoxy) is 2. The smallest absolute Gasteiger partial charge is 0.339 e. The Bertz CT molecular complexity index is 875. The zero-order chi connectivity index (χ0) is 20.1. The first kappa shape index (κ1) is 19.8. The fourth-order valence-electron chi connectivity index (χ4n) is 3.06. The molecule has 146 valence electrons. The lowest BCUT2D eigenvalue weighted by Gasteiger charge is -2.30. The largest absolute Gasteiger partial charge is 0.452 e. The van der Waals surface area contributed by atoms with E-state index in [1.165, 1.54) is 6.07 Å². The molecule has 2 aromatic rings. The number of amides is 1. The maximum absolute atomic E-state index is 12.8. The van der Waals surface area contributed by atoms with Crippen molar-refractivity contribution >= 4 is 17.7 Å². The first-order chi connectivity index (χ1) is 13.5. The molecule has 0 N–H and O–H groups in total. The van der Waals surface area contributed by atoms with E-state index < -0.39 is 5.97 Å². The summed E-state index contributed by atoms with van der Waals surface area (Å²) in [6.07, 6.45) is -0.0405. The Kier molecular flexibility index (Phi) is 6.21. The molecule has 0 saturated carbocycles. The van der Waals surface area contributed by atoms with Gasteiger partial charge in [-0.2, -0.15) is 0 Å². The van der Waals surface area contributed by atoms with Crippen molar-refractivity contribution < 1.29 is 23.9 Å². The lowest BCUT2D eigenvalue weighted by Crippen LogP contribution is -2.46. The van der Waals surface area contributed by atoms with Gasteiger partial charge in [-0.1, -0.05) is 48.0 Å². The average molecular weight is 381 g/mol. The van der Waals surface area contributed by atoms with Crippen LogP contribution in [0.4, 0.5) is 0 Å². The van der Waals surface area contributed by atoms with Gasteiger partial charge in [0.05, 0.1) is 18.3 Å². The number of ketones is 1. The van der Waals surface area contributed by atoms with Crippen LogP contribution in [0.3, 0.4) is 0 Å². The molecule has 6 heteroatoms. The van der Waals surface area contributed by atoms with Gasteiger partial charge in [-0.05, 0) is 19.9 Å². The van der Waals surface area contributed by atoms with E-state index in [2.05, 4.69) is 0 Å². The molecule has 1 aliphatic rings. The van der Waals surface area contributed by atoms with Gasteiger partial charge in [-0.15, -0.1) is 0 Å². The van der Waals surface area contributed by atoms with Crippen LogP contribution in [0.5, 0.6) is 0 Å². The molecule has 1 aliphatic heterocycles. The second-order valence-corrected chi connectivity index (χ2v) is 6.84. The Morgan fingerprint density at radius 3 is 2.43 bits per heavy atom. The second-order valence-electron chi connectivity index (χ2n) is 6.84. The van der Waals surface area contributed by atoms with Crippen LogP contribution in [-0.4, -0.2) is 55.0 Å². The highest BCUT2D eigenvalue weighted by Crippen LogP contribution is 2.17. The number of nitrogens with zero attached hydrogens (tertiary/aromatic N) is 1. The molecular weight excluding hydrogens is 358 g/mol. The van der Waals surface area contributed by atoms with Gasteiger partial charge in [0, 0.05) is 24.2 Å². The summed E-state index contributed by atoms with van der Waals surface area (Å²) in [6.45, 7) is 4.87. The van der Waals surface area contributed by atoms with E-state index in [0.29, 0.717) is 25.3 Å². The van der Waals surface area contributed by atoms with Crippen LogP contribution >= 0.6 is 0 Å². The summed E-state index contributed by atoms with van der Waals surface area (Å²) in [5.74, 6) is -1.22. The summed E-state index contributed by atoms with van der Waals surface area (Å²) in [4.78, 5) is 39.2. The molecule has 1 atom stereocenters. The number of morpholine rings is 1. The number of rotatable bonds is 5. The number of esters is 1. The molecule has 0 radical (unpaired) electrons. The van der Waals surface area contributed by atoms with E-state index in [4.69, 9.17) is 9.47 Å². The lowest BCUT2D eigenvalue weighted by atomic mass is 9.98. The van der Waals surface area contributed by atoms with Crippen molar-refractivity contribution in [1.82, 2.24) is 4.90 Å². The summed E-state index contributed by atoms with van der Waals surface area (Å²) >= 11 is 0. The van der Waals surface area contributed by atoms with Crippen molar-refractivity contribution in [2.24, 2.45) is 0 Å². The molecule has 0 spiro atoms. The summed E-state index contributed by atoms with van der Waals surface area (Å²) in [5, 5.41) is 0. The van der Waals surface area contributed by atoms with Gasteiger partial charge >= 0.3 is 5.97 Å². The Balaban J connectivity index is 1.69. The maximum Gasteiger partial charge on any atom is 0.339 e. The van der Waals surface area contributed by atoms with E-state index in [1.54, 1.807) is 35.2 Å². The van der Waals surface area contributed by atoms with E-state index in [9.17, 15) is 14.4 Å². The maximum atomic E-state index is 12.8. The molecule has 1 fully saturated rings. The number of carbonyl (C=O) groups is 3. The van der Waals surface area contributed by atoms with Gasteiger partial charge in [-0.3, -0.25) is 9.59 Å². The molecule has 2 aromatic carbocycles. The quantitative estimate of drug-likeness (QED) is 0.588. The van der Waals surface area contributed by atoms with Crippen molar-refractivity contribution in [3.8, 4) is 0 Å². The minimum atomic E-state index is -0.689. The molecule has 1 unspecified atom stereocenters. The van der Waals surface area contributed by atoms with Crippen LogP contribution in [0.1, 0.15) is 38.8 Å². The number of hydrogen-bond donors (Lipinski definition) is 0. The summed E-state index contributed by atoms with van der Waals surface area (Å²) in [7, 11) is 0. The van der Waals surface area contributed by atoms with Crippen molar-refractivity contribution in [1.29, 1.82) is 0 Å². The van der Waals surface area contributed by atoms with Crippen LogP contribution in [0.15, 0.2) is 48.5 Å². The molecule has 1 saturated heterocycles. The van der Waals surface area contributed by atoms with Crippen LogP contribution in [-0.2, 0) is 14.3 Å². The fraction of sp³-hybridized carbons (Fsp3) is 0.318. The van der Waals surface area contributed by atoms with Crippen molar-refractivity contribution in [2.45, 2.75) is 20.0 Å². The molecule has 0 aromatic heterocycles. The van der Waals surface area contributed by atoms with Gasteiger partial charge in [0.15, 0.2) is 12.4 Å². The predicted octanol–water partition coefficient (Wildman–Crippen LogP) is 2.63. The van der Waals surface area contributed by atoms with E-state index in [0.717, 1.165) is 5.56 Å². The predicted molar refractivity (Wildman–Crippen MR) is 103 cm³/mol. The van der Waals surface area contributed by atoms with E-state index in [1.807, 2.05) is 26.0 Å². The topological polar surface area (TPSA) is 72.9 Å². The van der Waals surface area contributed by atoms with Crippen molar-refractivity contribution in [2.75, 3.05) is 26.3 Å². The minimum Gasteiger partial charge on any atom is -0.452 e. The zero-order valence-corrected chi connectivity index (χ0v) is 16.0. The number of hydrogen-bond acceptors (Lipinski definition) is 5. The fourth-order valence-corrected chi connectivity index (χ4v) is 3.06. The third-order valence-electron chi connectivity index (χ3n) is 4.63. The summed E-state index contributed by atoms with van der Waals surface area (Å²) < 4.78 is 10.6. The van der Waals surface area contributed by atoms with Gasteiger partial charge in [0.25, 0.3) is 5.91 Å². The van der Waals surface area contributed by atoms with Gasteiger partial charge < -0.3 is 14.4 Å². The average Bonchev–Trinajstić information content (AvgIpc) is 2.71. The Morgan fingerprint density at radius 1 is 1.07 bits per heavy atom. The Hall–Kier alpha value is -2.99. The second kappa shape index (κ2) is 8.80. The van der Waals surface area contributed by atoms with Crippen molar-refractivity contribution in [3.05, 3.63) is 70.8 Å². The van der Waals surface area contributed by atoms with E-state index in [-0.39, 0.29) is 35.5 Å². The third-order valence-corrected chi connectivity index (χ3v) is 4.63. The molecule has 1 heterocycles. The molecule has 0 aliphatic carbocycles. The molecule has 1 amide bonds. The summed E-state index contributed by atoms with van der Waals surface area (Å²) in [6, 6.07) is 13.6. The highest BCUT2D eigenvalue weighted by Gasteiger charge is 2.24. The normalized spacial score (nSPS) is 16.5. The standard InChI is InChI=1S/C22H23NO5/c1-15-7-9-17(10-8-15)21(25)18-5-3-4-6-19(18)22(26)28-14-20(24)23-11-12-27-16(2)13-23/h3-10,16H,11-14H2,1-2H3. The third kappa shape index (κ3) is 4.64. The van der Waals surface area contributed by atoms with Crippen molar-refractivity contribution in [3.63, 3.8) is 0 Å². The molecule has 28 heavy (non-hydrogen) atoms. The van der Waals surface area contributed by atoms with Crippen LogP contribution < -0.4 is 0 Å². The van der Waals surface area contributed by atoms with E-state index >= 15 is 0 Å². The molecule has 3 rings (SSSR count). The molecule has 0 bridgehead atoms. The first-order valence-electron chi connectivity index (χ1n) is 9.22.